The Morgan fingerprint density at radius 2 is 2.06 bits per heavy atom. The zero-order valence-corrected chi connectivity index (χ0v) is 9.99. The largest absolute Gasteiger partial charge is 0.384 e. The van der Waals surface area contributed by atoms with E-state index >= 15 is 0 Å². The van der Waals surface area contributed by atoms with Crippen LogP contribution in [0.4, 0.5) is 4.79 Å². The minimum absolute atomic E-state index is 0.0544. The Morgan fingerprint density at radius 1 is 1.41 bits per heavy atom. The van der Waals surface area contributed by atoms with Gasteiger partial charge in [-0.05, 0) is 18.8 Å². The van der Waals surface area contributed by atoms with Gasteiger partial charge in [0.05, 0.1) is 6.61 Å². The SMILES string of the molecule is COCC(C)CN1C(=O)NC(=O)C2(CC2)C1=O. The molecule has 1 spiro atoms. The maximum absolute atomic E-state index is 12.1. The monoisotopic (exact) mass is 240 g/mol. The summed E-state index contributed by atoms with van der Waals surface area (Å²) in [7, 11) is 1.57. The number of hydrogen-bond acceptors (Lipinski definition) is 4. The Morgan fingerprint density at radius 3 is 2.59 bits per heavy atom. The smallest absolute Gasteiger partial charge is 0.330 e. The first-order valence-corrected chi connectivity index (χ1v) is 5.67. The summed E-state index contributed by atoms with van der Waals surface area (Å²) in [6, 6.07) is -0.611. The van der Waals surface area contributed by atoms with Crippen molar-refractivity contribution in [2.45, 2.75) is 19.8 Å². The molecule has 0 aromatic carbocycles. The van der Waals surface area contributed by atoms with Gasteiger partial charge in [0.15, 0.2) is 0 Å². The molecule has 17 heavy (non-hydrogen) atoms. The molecule has 4 amide bonds. The van der Waals surface area contributed by atoms with Crippen molar-refractivity contribution in [1.29, 1.82) is 0 Å². The molecule has 1 saturated carbocycles. The van der Waals surface area contributed by atoms with Gasteiger partial charge < -0.3 is 4.74 Å². The first kappa shape index (κ1) is 12.0. The van der Waals surface area contributed by atoms with Gasteiger partial charge in [-0.1, -0.05) is 6.92 Å². The highest BCUT2D eigenvalue weighted by Crippen LogP contribution is 2.49. The molecule has 2 fully saturated rings. The van der Waals surface area contributed by atoms with Crippen molar-refractivity contribution in [2.75, 3.05) is 20.3 Å². The van der Waals surface area contributed by atoms with Crippen LogP contribution in [0.15, 0.2) is 0 Å². The number of carbonyl (C=O) groups excluding carboxylic acids is 3. The quantitative estimate of drug-likeness (QED) is 0.708. The van der Waals surface area contributed by atoms with E-state index < -0.39 is 17.4 Å². The van der Waals surface area contributed by atoms with Gasteiger partial charge in [-0.2, -0.15) is 0 Å². The Bertz CT molecular complexity index is 376. The fourth-order valence-electron chi connectivity index (χ4n) is 2.11. The number of hydrogen-bond donors (Lipinski definition) is 1. The van der Waals surface area contributed by atoms with Crippen LogP contribution in [-0.4, -0.2) is 43.0 Å². The number of nitrogens with one attached hydrogen (secondary N) is 1. The maximum Gasteiger partial charge on any atom is 0.330 e. The van der Waals surface area contributed by atoms with Crippen LogP contribution in [0.1, 0.15) is 19.8 Å². The molecule has 1 aliphatic heterocycles. The molecule has 1 aliphatic carbocycles. The minimum Gasteiger partial charge on any atom is -0.384 e. The second-order valence-electron chi connectivity index (χ2n) is 4.82. The predicted octanol–water partition coefficient (Wildman–Crippen LogP) is 0.128. The van der Waals surface area contributed by atoms with Crippen LogP contribution in [0.3, 0.4) is 0 Å². The number of urea groups is 1. The molecule has 0 aromatic rings. The number of methoxy groups -OCH3 is 1. The van der Waals surface area contributed by atoms with Crippen LogP contribution in [0.5, 0.6) is 0 Å². The Labute approximate surface area is 99.3 Å². The van der Waals surface area contributed by atoms with E-state index in [1.54, 1.807) is 7.11 Å². The summed E-state index contributed by atoms with van der Waals surface area (Å²) in [5.41, 5.74) is -0.944. The van der Waals surface area contributed by atoms with Crippen LogP contribution in [-0.2, 0) is 14.3 Å². The van der Waals surface area contributed by atoms with Crippen molar-refractivity contribution in [3.63, 3.8) is 0 Å². The van der Waals surface area contributed by atoms with Gasteiger partial charge in [0.1, 0.15) is 5.41 Å². The number of rotatable bonds is 4. The third-order valence-electron chi connectivity index (χ3n) is 3.25. The summed E-state index contributed by atoms with van der Waals surface area (Å²) < 4.78 is 4.97. The van der Waals surface area contributed by atoms with E-state index in [4.69, 9.17) is 4.74 Å². The minimum atomic E-state index is -0.944. The van der Waals surface area contributed by atoms with Gasteiger partial charge in [0.2, 0.25) is 11.8 Å². The van der Waals surface area contributed by atoms with Crippen molar-refractivity contribution in [3.8, 4) is 0 Å². The van der Waals surface area contributed by atoms with Gasteiger partial charge >= 0.3 is 6.03 Å². The van der Waals surface area contributed by atoms with Gasteiger partial charge in [0, 0.05) is 13.7 Å². The second kappa shape index (κ2) is 4.10. The fraction of sp³-hybridized carbons (Fsp3) is 0.727. The molecule has 0 radical (unpaired) electrons. The van der Waals surface area contributed by atoms with E-state index in [1.165, 1.54) is 0 Å². The zero-order valence-electron chi connectivity index (χ0n) is 9.99. The number of carbonyl (C=O) groups is 3. The number of nitrogens with zero attached hydrogens (tertiary/aromatic N) is 1. The van der Waals surface area contributed by atoms with E-state index in [9.17, 15) is 14.4 Å². The van der Waals surface area contributed by atoms with E-state index in [-0.39, 0.29) is 18.4 Å². The highest BCUT2D eigenvalue weighted by molar-refractivity contribution is 6.20. The third kappa shape index (κ3) is 1.93. The van der Waals surface area contributed by atoms with E-state index in [0.717, 1.165) is 4.90 Å². The van der Waals surface area contributed by atoms with E-state index in [2.05, 4.69) is 5.32 Å². The first-order chi connectivity index (χ1) is 8.01. The first-order valence-electron chi connectivity index (χ1n) is 5.67. The third-order valence-corrected chi connectivity index (χ3v) is 3.25. The molecule has 94 valence electrons. The summed E-state index contributed by atoms with van der Waals surface area (Å²) >= 11 is 0. The average molecular weight is 240 g/mol. The van der Waals surface area contributed by atoms with Crippen LogP contribution in [0, 0.1) is 11.3 Å². The van der Waals surface area contributed by atoms with Crippen molar-refractivity contribution in [3.05, 3.63) is 0 Å². The molecule has 1 heterocycles. The average Bonchev–Trinajstić information content (AvgIpc) is 3.04. The van der Waals surface area contributed by atoms with E-state index in [0.29, 0.717) is 19.4 Å². The molecule has 6 heteroatoms. The second-order valence-corrected chi connectivity index (χ2v) is 4.82. The normalized spacial score (nSPS) is 23.9. The molecule has 0 aromatic heterocycles. The lowest BCUT2D eigenvalue weighted by Crippen LogP contribution is -2.60. The van der Waals surface area contributed by atoms with Crippen LogP contribution in [0.25, 0.3) is 0 Å². The van der Waals surface area contributed by atoms with Gasteiger partial charge in [-0.25, -0.2) is 4.79 Å². The van der Waals surface area contributed by atoms with Crippen molar-refractivity contribution >= 4 is 17.8 Å². The Hall–Kier alpha value is -1.43. The summed E-state index contributed by atoms with van der Waals surface area (Å²) in [4.78, 5) is 36.4. The molecule has 2 rings (SSSR count). The highest BCUT2D eigenvalue weighted by Gasteiger charge is 2.62. The molecule has 1 unspecified atom stereocenters. The molecule has 6 nitrogen and oxygen atoms in total. The van der Waals surface area contributed by atoms with E-state index in [1.807, 2.05) is 6.92 Å². The summed E-state index contributed by atoms with van der Waals surface area (Å²) in [5, 5.41) is 2.25. The molecule has 1 atom stereocenters. The van der Waals surface area contributed by atoms with Crippen LogP contribution < -0.4 is 5.32 Å². The van der Waals surface area contributed by atoms with Crippen molar-refractivity contribution in [1.82, 2.24) is 10.2 Å². The Kier molecular flexibility index (Phi) is 2.91. The lowest BCUT2D eigenvalue weighted by molar-refractivity contribution is -0.145. The molecule has 1 saturated heterocycles. The fourth-order valence-corrected chi connectivity index (χ4v) is 2.11. The van der Waals surface area contributed by atoms with Gasteiger partial charge in [-0.3, -0.25) is 19.8 Å². The van der Waals surface area contributed by atoms with Crippen LogP contribution in [0.2, 0.25) is 0 Å². The summed E-state index contributed by atoms with van der Waals surface area (Å²) in [6.45, 7) is 2.64. The number of ether oxygens (including phenoxy) is 1. The number of amides is 4. The highest BCUT2D eigenvalue weighted by atomic mass is 16.5. The molecule has 1 N–H and O–H groups in total. The van der Waals surface area contributed by atoms with Gasteiger partial charge in [0.25, 0.3) is 0 Å². The number of barbiturate groups is 1. The molecule has 2 aliphatic rings. The lowest BCUT2D eigenvalue weighted by Gasteiger charge is -2.31. The molecular weight excluding hydrogens is 224 g/mol. The van der Waals surface area contributed by atoms with Crippen LogP contribution >= 0.6 is 0 Å². The Balaban J connectivity index is 2.08. The number of imide groups is 2. The molecule has 0 bridgehead atoms. The topological polar surface area (TPSA) is 75.7 Å². The summed E-state index contributed by atoms with van der Waals surface area (Å²) in [5.74, 6) is -0.740. The predicted molar refractivity (Wildman–Crippen MR) is 58.0 cm³/mol. The molecular formula is C11H16N2O4. The standard InChI is InChI=1S/C11H16N2O4/c1-7(6-17-2)5-13-9(15)11(3-4-11)8(14)12-10(13)16/h7H,3-6H2,1-2H3,(H,12,14,16). The zero-order chi connectivity index (χ0) is 12.6. The van der Waals surface area contributed by atoms with Crippen molar-refractivity contribution < 1.29 is 19.1 Å². The van der Waals surface area contributed by atoms with Gasteiger partial charge in [-0.15, -0.1) is 0 Å². The maximum atomic E-state index is 12.1. The lowest BCUT2D eigenvalue weighted by atomic mass is 10.0. The summed E-state index contributed by atoms with van der Waals surface area (Å²) in [6.07, 6.45) is 1.08. The van der Waals surface area contributed by atoms with Crippen molar-refractivity contribution in [2.24, 2.45) is 11.3 Å².